The van der Waals surface area contributed by atoms with Crippen LogP contribution in [0.5, 0.6) is 5.88 Å². The Morgan fingerprint density at radius 1 is 1.11 bits per heavy atom. The van der Waals surface area contributed by atoms with E-state index >= 15 is 0 Å². The van der Waals surface area contributed by atoms with Crippen LogP contribution < -0.4 is 5.73 Å². The van der Waals surface area contributed by atoms with Crippen molar-refractivity contribution in [2.75, 3.05) is 5.73 Å². The van der Waals surface area contributed by atoms with Gasteiger partial charge in [0, 0.05) is 29.3 Å². The third-order valence-electron chi connectivity index (χ3n) is 5.46. The lowest BCUT2D eigenvalue weighted by atomic mass is 9.93. The maximum Gasteiger partial charge on any atom is 0.203 e. The minimum absolute atomic E-state index is 0.129. The van der Waals surface area contributed by atoms with Gasteiger partial charge in [0.2, 0.25) is 5.88 Å². The number of rotatable bonds is 2. The Morgan fingerprint density at radius 3 is 2.52 bits per heavy atom. The molecule has 1 fully saturated rings. The van der Waals surface area contributed by atoms with Crippen molar-refractivity contribution < 1.29 is 13.9 Å². The fraction of sp³-hybridized carbons (Fsp3) is 0.190. The van der Waals surface area contributed by atoms with Gasteiger partial charge in [-0.2, -0.15) is 0 Å². The Hall–Kier alpha value is -3.15. The van der Waals surface area contributed by atoms with Gasteiger partial charge in [0.1, 0.15) is 11.6 Å². The van der Waals surface area contributed by atoms with Crippen LogP contribution in [0.2, 0.25) is 0 Å². The van der Waals surface area contributed by atoms with Crippen molar-refractivity contribution in [2.24, 2.45) is 0 Å². The highest BCUT2D eigenvalue weighted by Crippen LogP contribution is 2.43. The summed E-state index contributed by atoms with van der Waals surface area (Å²) >= 11 is 0. The van der Waals surface area contributed by atoms with Crippen molar-refractivity contribution in [3.8, 4) is 17.0 Å². The van der Waals surface area contributed by atoms with Crippen molar-refractivity contribution in [1.29, 1.82) is 0 Å². The molecule has 0 amide bonds. The van der Waals surface area contributed by atoms with Crippen LogP contribution >= 0.6 is 0 Å². The summed E-state index contributed by atoms with van der Waals surface area (Å²) in [5, 5.41) is 11.8. The minimum atomic E-state index is -0.648. The zero-order chi connectivity index (χ0) is 18.7. The first-order valence-electron chi connectivity index (χ1n) is 8.91. The first kappa shape index (κ1) is 16.1. The second-order valence-electron chi connectivity index (χ2n) is 7.09. The number of pyridine rings is 1. The summed E-state index contributed by atoms with van der Waals surface area (Å²) in [6.45, 7) is 0. The largest absolute Gasteiger partial charge is 0.494 e. The number of hydrogen-bond acceptors (Lipinski definition) is 3. The second-order valence-corrected chi connectivity index (χ2v) is 7.09. The highest BCUT2D eigenvalue weighted by atomic mass is 19.1. The van der Waals surface area contributed by atoms with Crippen molar-refractivity contribution in [2.45, 2.75) is 25.3 Å². The first-order chi connectivity index (χ1) is 13.0. The third kappa shape index (κ3) is 2.36. The number of para-hydroxylation sites is 1. The molecule has 4 aromatic rings. The van der Waals surface area contributed by atoms with Crippen LogP contribution in [0.3, 0.4) is 0 Å². The standard InChI is InChI=1S/C21H17F2N3O/c22-12-7-11(8-13(23)9-12)15-5-2-6-16-19(24)18-17(25-20(15)16)10-26(21(18)27)14-3-1-4-14/h2,5-10,14,27H,1,3-4,24H2. The van der Waals surface area contributed by atoms with Crippen LogP contribution in [0.25, 0.3) is 32.9 Å². The van der Waals surface area contributed by atoms with Gasteiger partial charge in [-0.25, -0.2) is 13.8 Å². The molecule has 27 heavy (non-hydrogen) atoms. The maximum atomic E-state index is 13.7. The normalized spacial score (nSPS) is 14.7. The predicted molar refractivity (Wildman–Crippen MR) is 102 cm³/mol. The van der Waals surface area contributed by atoms with Gasteiger partial charge in [0.15, 0.2) is 0 Å². The average Bonchev–Trinajstić information content (AvgIpc) is 2.89. The first-order valence-corrected chi connectivity index (χ1v) is 8.91. The molecular weight excluding hydrogens is 348 g/mol. The van der Waals surface area contributed by atoms with Crippen molar-refractivity contribution in [3.05, 3.63) is 54.2 Å². The van der Waals surface area contributed by atoms with Crippen molar-refractivity contribution in [1.82, 2.24) is 9.55 Å². The molecule has 2 aromatic carbocycles. The quantitative estimate of drug-likeness (QED) is 0.516. The molecule has 4 nitrogen and oxygen atoms in total. The molecule has 0 aliphatic heterocycles. The van der Waals surface area contributed by atoms with Crippen LogP contribution in [0.15, 0.2) is 42.6 Å². The van der Waals surface area contributed by atoms with Crippen molar-refractivity contribution >= 4 is 27.5 Å². The smallest absolute Gasteiger partial charge is 0.203 e. The monoisotopic (exact) mass is 365 g/mol. The molecule has 0 unspecified atom stereocenters. The Labute approximate surface area is 153 Å². The molecule has 1 saturated carbocycles. The topological polar surface area (TPSA) is 64.1 Å². The zero-order valence-electron chi connectivity index (χ0n) is 14.4. The molecular formula is C21H17F2N3O. The summed E-state index contributed by atoms with van der Waals surface area (Å²) < 4.78 is 29.3. The number of anilines is 1. The van der Waals surface area contributed by atoms with Gasteiger partial charge in [-0.05, 0) is 37.0 Å². The van der Waals surface area contributed by atoms with Crippen molar-refractivity contribution in [3.63, 3.8) is 0 Å². The van der Waals surface area contributed by atoms with E-state index in [0.29, 0.717) is 38.6 Å². The molecule has 0 saturated heterocycles. The molecule has 2 heterocycles. The molecule has 2 aromatic heterocycles. The molecule has 6 heteroatoms. The Balaban J connectivity index is 1.81. The summed E-state index contributed by atoms with van der Waals surface area (Å²) in [5.74, 6) is -1.17. The molecule has 1 aliphatic rings. The Morgan fingerprint density at radius 2 is 1.85 bits per heavy atom. The lowest BCUT2D eigenvalue weighted by molar-refractivity contribution is 0.283. The summed E-state index contributed by atoms with van der Waals surface area (Å²) in [6.07, 6.45) is 4.98. The number of aromatic nitrogens is 2. The van der Waals surface area contributed by atoms with E-state index in [1.54, 1.807) is 18.2 Å². The van der Waals surface area contributed by atoms with Gasteiger partial charge in [0.25, 0.3) is 0 Å². The molecule has 0 bridgehead atoms. The summed E-state index contributed by atoms with van der Waals surface area (Å²) in [4.78, 5) is 4.69. The lowest BCUT2D eigenvalue weighted by Gasteiger charge is -2.27. The Kier molecular flexibility index (Phi) is 3.37. The third-order valence-corrected chi connectivity index (χ3v) is 5.46. The van der Waals surface area contributed by atoms with Gasteiger partial charge >= 0.3 is 0 Å². The summed E-state index contributed by atoms with van der Waals surface area (Å²) in [6, 6.07) is 8.98. The summed E-state index contributed by atoms with van der Waals surface area (Å²) in [5.41, 5.74) is 8.91. The molecule has 5 rings (SSSR count). The predicted octanol–water partition coefficient (Wildman–Crippen LogP) is 5.15. The molecule has 3 N–H and O–H groups in total. The van der Waals surface area contributed by atoms with Gasteiger partial charge < -0.3 is 15.4 Å². The fourth-order valence-electron chi connectivity index (χ4n) is 3.87. The van der Waals surface area contributed by atoms with Crippen LogP contribution in [0.1, 0.15) is 25.3 Å². The number of nitrogens with two attached hydrogens (primary N) is 1. The molecule has 0 atom stereocenters. The van der Waals surface area contributed by atoms with E-state index in [2.05, 4.69) is 0 Å². The summed E-state index contributed by atoms with van der Waals surface area (Å²) in [7, 11) is 0. The Bertz CT molecular complexity index is 1190. The number of nitrogen functional groups attached to an aromatic ring is 1. The highest BCUT2D eigenvalue weighted by Gasteiger charge is 2.25. The van der Waals surface area contributed by atoms with Gasteiger partial charge in [-0.15, -0.1) is 0 Å². The lowest BCUT2D eigenvalue weighted by Crippen LogP contribution is -2.15. The van der Waals surface area contributed by atoms with E-state index in [1.165, 1.54) is 12.1 Å². The molecule has 136 valence electrons. The number of aromatic hydroxyl groups is 1. The number of hydrogen-bond donors (Lipinski definition) is 2. The van der Waals surface area contributed by atoms with Crippen LogP contribution in [-0.2, 0) is 0 Å². The van der Waals surface area contributed by atoms with E-state index in [-0.39, 0.29) is 11.9 Å². The second kappa shape index (κ2) is 5.67. The van der Waals surface area contributed by atoms with Crippen LogP contribution in [0, 0.1) is 11.6 Å². The SMILES string of the molecule is Nc1c2cccc(-c3cc(F)cc(F)c3)c2nc2cn(C3CCC3)c(O)c12. The van der Waals surface area contributed by atoms with Crippen LogP contribution in [-0.4, -0.2) is 14.7 Å². The zero-order valence-corrected chi connectivity index (χ0v) is 14.4. The van der Waals surface area contributed by atoms with Gasteiger partial charge in [-0.1, -0.05) is 18.2 Å². The molecule has 0 spiro atoms. The van der Waals surface area contributed by atoms with E-state index in [0.717, 1.165) is 25.3 Å². The van der Waals surface area contributed by atoms with E-state index < -0.39 is 11.6 Å². The van der Waals surface area contributed by atoms with Gasteiger partial charge in [0.05, 0.1) is 22.1 Å². The van der Waals surface area contributed by atoms with Gasteiger partial charge in [-0.3, -0.25) is 0 Å². The number of benzene rings is 2. The fourth-order valence-corrected chi connectivity index (χ4v) is 3.87. The molecule has 0 radical (unpaired) electrons. The minimum Gasteiger partial charge on any atom is -0.494 e. The van der Waals surface area contributed by atoms with Crippen LogP contribution in [0.4, 0.5) is 14.5 Å². The van der Waals surface area contributed by atoms with E-state index in [4.69, 9.17) is 10.7 Å². The molecule has 1 aliphatic carbocycles. The highest BCUT2D eigenvalue weighted by molar-refractivity contribution is 6.12. The van der Waals surface area contributed by atoms with E-state index in [1.807, 2.05) is 10.8 Å². The number of halogens is 2. The number of fused-ring (bicyclic) bond motifs is 2. The average molecular weight is 365 g/mol. The van der Waals surface area contributed by atoms with E-state index in [9.17, 15) is 13.9 Å². The maximum absolute atomic E-state index is 13.7. The number of nitrogens with zero attached hydrogens (tertiary/aromatic N) is 2.